The first-order chi connectivity index (χ1) is 15.7. The first-order valence-electron chi connectivity index (χ1n) is 10.6. The van der Waals surface area contributed by atoms with E-state index in [-0.39, 0.29) is 11.4 Å². The first kappa shape index (κ1) is 22.8. The molecule has 8 heteroatoms. The van der Waals surface area contributed by atoms with Crippen LogP contribution in [0.15, 0.2) is 54.6 Å². The van der Waals surface area contributed by atoms with Crippen LogP contribution in [0, 0.1) is 0 Å². The number of carbonyl (C=O) groups is 2. The molecule has 1 saturated carbocycles. The molecule has 0 heterocycles. The number of hydrogen-bond acceptors (Lipinski definition) is 3. The summed E-state index contributed by atoms with van der Waals surface area (Å²) in [6.45, 7) is 0.373. The summed E-state index contributed by atoms with van der Waals surface area (Å²) in [5.74, 6) is -2.78. The lowest BCUT2D eigenvalue weighted by Gasteiger charge is -2.21. The Balaban J connectivity index is 0.000000325. The zero-order valence-electron chi connectivity index (χ0n) is 17.7. The zero-order chi connectivity index (χ0) is 23.8. The van der Waals surface area contributed by atoms with Gasteiger partial charge in [0.25, 0.3) is 5.91 Å². The minimum atomic E-state index is -5.08. The van der Waals surface area contributed by atoms with Gasteiger partial charge in [-0.05, 0) is 64.8 Å². The Hall–Kier alpha value is -3.39. The number of amides is 1. The van der Waals surface area contributed by atoms with Crippen molar-refractivity contribution in [3.63, 3.8) is 0 Å². The Morgan fingerprint density at radius 3 is 2.21 bits per heavy atom. The van der Waals surface area contributed by atoms with Crippen molar-refractivity contribution < 1.29 is 27.9 Å². The molecule has 0 saturated heterocycles. The Morgan fingerprint density at radius 2 is 1.61 bits per heavy atom. The highest BCUT2D eigenvalue weighted by atomic mass is 19.4. The molecule has 4 N–H and O–H groups in total. The average Bonchev–Trinajstić information content (AvgIpc) is 3.44. The summed E-state index contributed by atoms with van der Waals surface area (Å²) in [5, 5.41) is 13.2. The number of nitrogens with two attached hydrogens (primary N) is 1. The monoisotopic (exact) mass is 456 g/mol. The third-order valence-electron chi connectivity index (χ3n) is 6.22. The fourth-order valence-corrected chi connectivity index (χ4v) is 4.46. The number of rotatable bonds is 4. The van der Waals surface area contributed by atoms with Crippen molar-refractivity contribution in [2.24, 2.45) is 5.73 Å². The van der Waals surface area contributed by atoms with E-state index in [1.165, 1.54) is 27.5 Å². The third-order valence-corrected chi connectivity index (χ3v) is 6.22. The molecule has 1 amide bonds. The van der Waals surface area contributed by atoms with Crippen LogP contribution in [-0.4, -0.2) is 23.2 Å². The van der Waals surface area contributed by atoms with Crippen LogP contribution in [0.1, 0.15) is 45.5 Å². The molecule has 0 atom stereocenters. The van der Waals surface area contributed by atoms with Crippen molar-refractivity contribution in [3.05, 3.63) is 82.4 Å². The second kappa shape index (κ2) is 8.51. The molecule has 33 heavy (non-hydrogen) atoms. The molecular weight excluding hydrogens is 433 g/mol. The predicted octanol–water partition coefficient (Wildman–Crippen LogP) is 4.45. The molecule has 0 spiro atoms. The van der Waals surface area contributed by atoms with Crippen LogP contribution in [0.25, 0.3) is 10.8 Å². The average molecular weight is 456 g/mol. The summed E-state index contributed by atoms with van der Waals surface area (Å²) in [5.41, 5.74) is 11.3. The molecule has 0 aliphatic heterocycles. The number of carboxylic acid groups (broad SMARTS) is 1. The highest BCUT2D eigenvalue weighted by Crippen LogP contribution is 2.49. The van der Waals surface area contributed by atoms with Gasteiger partial charge in [0.05, 0.1) is 5.54 Å². The van der Waals surface area contributed by atoms with E-state index in [0.29, 0.717) is 12.1 Å². The van der Waals surface area contributed by atoms with Gasteiger partial charge >= 0.3 is 12.1 Å². The van der Waals surface area contributed by atoms with Crippen LogP contribution in [0.4, 0.5) is 13.2 Å². The van der Waals surface area contributed by atoms with Gasteiger partial charge in [0, 0.05) is 12.1 Å². The number of benzene rings is 3. The minimum absolute atomic E-state index is 0.0215. The summed E-state index contributed by atoms with van der Waals surface area (Å²) in [7, 11) is 0. The smallest absolute Gasteiger partial charge is 0.475 e. The van der Waals surface area contributed by atoms with Crippen LogP contribution in [0.2, 0.25) is 0 Å². The second-order valence-electron chi connectivity index (χ2n) is 8.31. The van der Waals surface area contributed by atoms with Crippen molar-refractivity contribution in [2.45, 2.75) is 43.9 Å². The van der Waals surface area contributed by atoms with E-state index in [1.54, 1.807) is 0 Å². The molecule has 3 aromatic carbocycles. The van der Waals surface area contributed by atoms with Crippen LogP contribution in [0.3, 0.4) is 0 Å². The summed E-state index contributed by atoms with van der Waals surface area (Å²) >= 11 is 0. The fraction of sp³-hybridized carbons (Fsp3) is 0.280. The van der Waals surface area contributed by atoms with Gasteiger partial charge in [-0.3, -0.25) is 4.79 Å². The number of carboxylic acids is 1. The quantitative estimate of drug-likeness (QED) is 0.541. The summed E-state index contributed by atoms with van der Waals surface area (Å²) in [6, 6.07) is 18.7. The van der Waals surface area contributed by atoms with Crippen LogP contribution in [0.5, 0.6) is 0 Å². The SMILES string of the molecule is NCc1ccccc1C(=O)NC1(c2ccc3c4c(cccc24)CC3)CC1.O=C(O)C(F)(F)F. The lowest BCUT2D eigenvalue weighted by molar-refractivity contribution is -0.192. The largest absolute Gasteiger partial charge is 0.490 e. The van der Waals surface area contributed by atoms with Crippen molar-refractivity contribution in [1.29, 1.82) is 0 Å². The molecule has 0 radical (unpaired) electrons. The van der Waals surface area contributed by atoms with Crippen molar-refractivity contribution in [1.82, 2.24) is 5.32 Å². The number of nitrogens with one attached hydrogen (secondary N) is 1. The highest BCUT2D eigenvalue weighted by molar-refractivity contribution is 5.98. The van der Waals surface area contributed by atoms with Crippen molar-refractivity contribution >= 4 is 22.6 Å². The van der Waals surface area contributed by atoms with E-state index in [0.717, 1.165) is 31.2 Å². The maximum atomic E-state index is 13.0. The molecule has 0 bridgehead atoms. The van der Waals surface area contributed by atoms with Crippen LogP contribution in [-0.2, 0) is 29.7 Å². The molecule has 2 aliphatic carbocycles. The van der Waals surface area contributed by atoms with E-state index in [2.05, 4.69) is 35.6 Å². The molecule has 1 fully saturated rings. The summed E-state index contributed by atoms with van der Waals surface area (Å²) in [4.78, 5) is 21.9. The molecular formula is C25H23F3N2O3. The van der Waals surface area contributed by atoms with E-state index >= 15 is 0 Å². The number of alkyl halides is 3. The van der Waals surface area contributed by atoms with E-state index < -0.39 is 12.1 Å². The van der Waals surface area contributed by atoms with Gasteiger partial charge in [0.15, 0.2) is 0 Å². The van der Waals surface area contributed by atoms with Crippen LogP contribution < -0.4 is 11.1 Å². The number of hydrogen-bond donors (Lipinski definition) is 3. The lowest BCUT2D eigenvalue weighted by Crippen LogP contribution is -2.35. The third kappa shape index (κ3) is 4.43. The Labute approximate surface area is 188 Å². The van der Waals surface area contributed by atoms with E-state index in [4.69, 9.17) is 15.6 Å². The normalized spacial score (nSPS) is 15.5. The van der Waals surface area contributed by atoms with Crippen molar-refractivity contribution in [2.75, 3.05) is 0 Å². The molecule has 5 nitrogen and oxygen atoms in total. The lowest BCUT2D eigenvalue weighted by atomic mass is 9.93. The summed E-state index contributed by atoms with van der Waals surface area (Å²) < 4.78 is 31.7. The molecule has 2 aliphatic rings. The van der Waals surface area contributed by atoms with E-state index in [9.17, 15) is 18.0 Å². The number of aliphatic carboxylic acids is 1. The maximum Gasteiger partial charge on any atom is 0.490 e. The minimum Gasteiger partial charge on any atom is -0.475 e. The Kier molecular flexibility index (Phi) is 5.88. The zero-order valence-corrected chi connectivity index (χ0v) is 17.7. The molecule has 5 rings (SSSR count). The van der Waals surface area contributed by atoms with Crippen LogP contribution >= 0.6 is 0 Å². The highest BCUT2D eigenvalue weighted by Gasteiger charge is 2.47. The topological polar surface area (TPSA) is 92.4 Å². The molecule has 0 aromatic heterocycles. The molecule has 172 valence electrons. The molecule has 0 unspecified atom stereocenters. The maximum absolute atomic E-state index is 13.0. The van der Waals surface area contributed by atoms with Crippen molar-refractivity contribution in [3.8, 4) is 0 Å². The van der Waals surface area contributed by atoms with E-state index in [1.807, 2.05) is 24.3 Å². The second-order valence-corrected chi connectivity index (χ2v) is 8.31. The van der Waals surface area contributed by atoms with Gasteiger partial charge in [-0.1, -0.05) is 48.5 Å². The van der Waals surface area contributed by atoms with Gasteiger partial charge in [-0.25, -0.2) is 4.79 Å². The van der Waals surface area contributed by atoms with Gasteiger partial charge in [0.2, 0.25) is 0 Å². The number of carbonyl (C=O) groups excluding carboxylic acids is 1. The number of halogens is 3. The Bertz CT molecular complexity index is 1220. The predicted molar refractivity (Wildman–Crippen MR) is 118 cm³/mol. The standard InChI is InChI=1S/C23H22N2O.C2HF3O2/c24-14-17-4-1-2-6-18(17)22(26)25-23(12-13-23)20-11-10-16-9-8-15-5-3-7-19(20)21(15)16;3-2(4,5)1(6)7/h1-7,10-11H,8-9,12-14,24H2,(H,25,26);(H,6,7). The number of aryl methyl sites for hydroxylation is 2. The first-order valence-corrected chi connectivity index (χ1v) is 10.6. The fourth-order valence-electron chi connectivity index (χ4n) is 4.46. The van der Waals surface area contributed by atoms with Gasteiger partial charge < -0.3 is 16.2 Å². The Morgan fingerprint density at radius 1 is 0.970 bits per heavy atom. The van der Waals surface area contributed by atoms with Gasteiger partial charge in [0.1, 0.15) is 0 Å². The van der Waals surface area contributed by atoms with Gasteiger partial charge in [-0.2, -0.15) is 13.2 Å². The van der Waals surface area contributed by atoms with Gasteiger partial charge in [-0.15, -0.1) is 0 Å². The summed E-state index contributed by atoms with van der Waals surface area (Å²) in [6.07, 6.45) is -0.858. The molecule has 3 aromatic rings.